The van der Waals surface area contributed by atoms with Gasteiger partial charge in [-0.25, -0.2) is 8.78 Å². The van der Waals surface area contributed by atoms with E-state index in [1.165, 1.54) is 0 Å². The van der Waals surface area contributed by atoms with E-state index in [2.05, 4.69) is 0 Å². The van der Waals surface area contributed by atoms with E-state index in [0.717, 1.165) is 0 Å². The van der Waals surface area contributed by atoms with Gasteiger partial charge in [-0.15, -0.1) is 0 Å². The van der Waals surface area contributed by atoms with Crippen molar-refractivity contribution < 1.29 is 23.4 Å². The Bertz CT molecular complexity index is 338. The maximum atomic E-state index is 13.2. The minimum Gasteiger partial charge on any atom is -0.481 e. The Kier molecular flexibility index (Phi) is 4.40. The number of carboxylic acids is 1. The molecule has 1 aliphatic carbocycles. The first-order valence-corrected chi connectivity index (χ1v) is 6.85. The fourth-order valence-corrected chi connectivity index (χ4v) is 3.17. The number of carboxylic acid groups (broad SMARTS) is 1. The van der Waals surface area contributed by atoms with Gasteiger partial charge in [-0.1, -0.05) is 6.92 Å². The normalized spacial score (nSPS) is 34.0. The van der Waals surface area contributed by atoms with Crippen LogP contribution in [0.15, 0.2) is 0 Å². The van der Waals surface area contributed by atoms with Crippen molar-refractivity contribution in [2.24, 2.45) is 11.8 Å². The second-order valence-electron chi connectivity index (χ2n) is 5.60. The maximum absolute atomic E-state index is 13.2. The average Bonchev–Trinajstić information content (AvgIpc) is 2.92. The fraction of sp³-hybridized carbons (Fsp3) is 0.923. The fourth-order valence-electron chi connectivity index (χ4n) is 3.17. The third-order valence-corrected chi connectivity index (χ3v) is 4.24. The molecular formula is C13H21F2NO3. The van der Waals surface area contributed by atoms with Crippen LogP contribution in [0, 0.1) is 11.8 Å². The van der Waals surface area contributed by atoms with Crippen LogP contribution in [-0.2, 0) is 9.53 Å². The van der Waals surface area contributed by atoms with Crippen LogP contribution in [-0.4, -0.2) is 54.2 Å². The lowest BCUT2D eigenvalue weighted by Gasteiger charge is -2.31. The molecule has 3 unspecified atom stereocenters. The Morgan fingerprint density at radius 3 is 2.74 bits per heavy atom. The molecule has 2 fully saturated rings. The minimum atomic E-state index is -2.54. The van der Waals surface area contributed by atoms with Crippen LogP contribution in [0.3, 0.4) is 0 Å². The molecule has 1 saturated carbocycles. The van der Waals surface area contributed by atoms with Crippen LogP contribution in [0.2, 0.25) is 0 Å². The third kappa shape index (κ3) is 3.42. The molecule has 0 bridgehead atoms. The van der Waals surface area contributed by atoms with Crippen LogP contribution < -0.4 is 0 Å². The number of alkyl halides is 2. The summed E-state index contributed by atoms with van der Waals surface area (Å²) in [5, 5.41) is 9.15. The number of ether oxygens (including phenoxy) is 1. The van der Waals surface area contributed by atoms with Gasteiger partial charge in [-0.2, -0.15) is 0 Å². The quantitative estimate of drug-likeness (QED) is 0.833. The van der Waals surface area contributed by atoms with Gasteiger partial charge < -0.3 is 9.84 Å². The molecule has 0 spiro atoms. The number of rotatable bonds is 5. The Balaban J connectivity index is 1.95. The van der Waals surface area contributed by atoms with E-state index in [9.17, 15) is 13.6 Å². The summed E-state index contributed by atoms with van der Waals surface area (Å²) in [6.45, 7) is 3.75. The zero-order valence-corrected chi connectivity index (χ0v) is 11.1. The van der Waals surface area contributed by atoms with Crippen molar-refractivity contribution in [2.75, 3.05) is 26.3 Å². The second kappa shape index (κ2) is 5.71. The van der Waals surface area contributed by atoms with Crippen molar-refractivity contribution in [1.29, 1.82) is 0 Å². The zero-order chi connectivity index (χ0) is 14.0. The van der Waals surface area contributed by atoms with E-state index < -0.39 is 17.8 Å². The molecule has 1 heterocycles. The van der Waals surface area contributed by atoms with Crippen molar-refractivity contribution in [3.8, 4) is 0 Å². The Labute approximate surface area is 111 Å². The first-order chi connectivity index (χ1) is 8.93. The molecule has 0 radical (unpaired) electrons. The molecular weight excluding hydrogens is 256 g/mol. The Hall–Kier alpha value is -0.750. The van der Waals surface area contributed by atoms with Gasteiger partial charge in [-0.3, -0.25) is 9.69 Å². The van der Waals surface area contributed by atoms with Crippen LogP contribution in [0.1, 0.15) is 26.2 Å². The second-order valence-corrected chi connectivity index (χ2v) is 5.60. The van der Waals surface area contributed by atoms with Crippen LogP contribution in [0.4, 0.5) is 8.78 Å². The molecule has 0 aromatic carbocycles. The summed E-state index contributed by atoms with van der Waals surface area (Å²) in [5.74, 6) is -3.98. The van der Waals surface area contributed by atoms with E-state index in [1.54, 1.807) is 0 Å². The third-order valence-electron chi connectivity index (χ3n) is 4.24. The lowest BCUT2D eigenvalue weighted by atomic mass is 9.99. The van der Waals surface area contributed by atoms with E-state index in [1.807, 2.05) is 11.8 Å². The highest BCUT2D eigenvalue weighted by Gasteiger charge is 2.42. The molecule has 2 rings (SSSR count). The summed E-state index contributed by atoms with van der Waals surface area (Å²) in [5.41, 5.74) is 0. The van der Waals surface area contributed by atoms with Gasteiger partial charge in [0.05, 0.1) is 19.1 Å². The van der Waals surface area contributed by atoms with Gasteiger partial charge in [0, 0.05) is 25.4 Å². The van der Waals surface area contributed by atoms with E-state index in [4.69, 9.17) is 9.84 Å². The Morgan fingerprint density at radius 1 is 1.47 bits per heavy atom. The topological polar surface area (TPSA) is 49.8 Å². The molecule has 2 aliphatic rings. The molecule has 1 aliphatic heterocycles. The predicted molar refractivity (Wildman–Crippen MR) is 65.3 cm³/mol. The highest BCUT2D eigenvalue weighted by atomic mass is 19.3. The zero-order valence-electron chi connectivity index (χ0n) is 11.1. The highest BCUT2D eigenvalue weighted by molar-refractivity contribution is 5.71. The van der Waals surface area contributed by atoms with Crippen molar-refractivity contribution >= 4 is 5.97 Å². The van der Waals surface area contributed by atoms with Gasteiger partial charge in [0.2, 0.25) is 5.92 Å². The number of carbonyl (C=O) groups is 1. The molecule has 6 heteroatoms. The van der Waals surface area contributed by atoms with Crippen molar-refractivity contribution in [1.82, 2.24) is 4.90 Å². The average molecular weight is 277 g/mol. The largest absolute Gasteiger partial charge is 0.481 e. The number of hydrogen-bond acceptors (Lipinski definition) is 3. The summed E-state index contributed by atoms with van der Waals surface area (Å²) < 4.78 is 31.6. The number of nitrogens with zero attached hydrogens (tertiary/aromatic N) is 1. The van der Waals surface area contributed by atoms with Gasteiger partial charge in [0.1, 0.15) is 0 Å². The van der Waals surface area contributed by atoms with E-state index in [0.29, 0.717) is 26.1 Å². The molecule has 1 N–H and O–H groups in total. The van der Waals surface area contributed by atoms with Gasteiger partial charge >= 0.3 is 5.97 Å². The maximum Gasteiger partial charge on any atom is 0.310 e. The number of aliphatic carboxylic acids is 1. The van der Waals surface area contributed by atoms with E-state index in [-0.39, 0.29) is 31.4 Å². The molecule has 0 aromatic heterocycles. The standard InChI is InChI=1S/C13H21F2NO3/c1-2-16(6-9-3-4-13(14,15)5-9)11-8-19-7-10(11)12(17)18/h9-11H,2-8H2,1H3,(H,17,18). The smallest absolute Gasteiger partial charge is 0.310 e. The number of likely N-dealkylation sites (N-methyl/N-ethyl adjacent to an activating group) is 1. The predicted octanol–water partition coefficient (Wildman–Crippen LogP) is 1.84. The Morgan fingerprint density at radius 2 is 2.21 bits per heavy atom. The van der Waals surface area contributed by atoms with Crippen LogP contribution in [0.5, 0.6) is 0 Å². The van der Waals surface area contributed by atoms with E-state index >= 15 is 0 Å². The lowest BCUT2D eigenvalue weighted by Crippen LogP contribution is -2.45. The van der Waals surface area contributed by atoms with Gasteiger partial charge in [0.25, 0.3) is 0 Å². The molecule has 0 amide bonds. The van der Waals surface area contributed by atoms with Crippen molar-refractivity contribution in [3.63, 3.8) is 0 Å². The summed E-state index contributed by atoms with van der Waals surface area (Å²) in [6.07, 6.45) is 0.405. The summed E-state index contributed by atoms with van der Waals surface area (Å²) in [4.78, 5) is 13.1. The van der Waals surface area contributed by atoms with Gasteiger partial charge in [-0.05, 0) is 18.9 Å². The molecule has 0 aromatic rings. The summed E-state index contributed by atoms with van der Waals surface area (Å²) >= 11 is 0. The highest BCUT2D eigenvalue weighted by Crippen LogP contribution is 2.39. The summed E-state index contributed by atoms with van der Waals surface area (Å²) in [6, 6.07) is -0.184. The van der Waals surface area contributed by atoms with Crippen LogP contribution in [0.25, 0.3) is 0 Å². The molecule has 4 nitrogen and oxygen atoms in total. The number of halogens is 2. The van der Waals surface area contributed by atoms with Crippen molar-refractivity contribution in [3.05, 3.63) is 0 Å². The molecule has 19 heavy (non-hydrogen) atoms. The molecule has 3 atom stereocenters. The monoisotopic (exact) mass is 277 g/mol. The summed E-state index contributed by atoms with van der Waals surface area (Å²) in [7, 11) is 0. The minimum absolute atomic E-state index is 0.0370. The SMILES string of the molecule is CCN(CC1CCC(F)(F)C1)C1COCC1C(=O)O. The number of hydrogen-bond donors (Lipinski definition) is 1. The lowest BCUT2D eigenvalue weighted by molar-refractivity contribution is -0.143. The van der Waals surface area contributed by atoms with Crippen molar-refractivity contribution in [2.45, 2.75) is 38.2 Å². The first kappa shape index (κ1) is 14.7. The van der Waals surface area contributed by atoms with Gasteiger partial charge in [0.15, 0.2) is 0 Å². The first-order valence-electron chi connectivity index (χ1n) is 6.85. The molecule has 1 saturated heterocycles. The van der Waals surface area contributed by atoms with Crippen LogP contribution >= 0.6 is 0 Å². The molecule has 110 valence electrons.